The first-order valence-electron chi connectivity index (χ1n) is 7.23. The zero-order chi connectivity index (χ0) is 14.1. The summed E-state index contributed by atoms with van der Waals surface area (Å²) < 4.78 is 0. The Hall–Kier alpha value is -0.720. The smallest absolute Gasteiger partial charge is 0.0200 e. The van der Waals surface area contributed by atoms with Crippen LogP contribution in [0.5, 0.6) is 0 Å². The molecule has 0 saturated carbocycles. The summed E-state index contributed by atoms with van der Waals surface area (Å²) in [7, 11) is 0. The molecule has 1 atom stereocenters. The number of rotatable bonds is 0. The molecule has 1 aliphatic rings. The molecule has 1 rings (SSSR count). The molecule has 1 heterocycles. The molecule has 0 aromatic rings. The second-order valence-electron chi connectivity index (χ2n) is 7.80. The van der Waals surface area contributed by atoms with Gasteiger partial charge in [-0.1, -0.05) is 55.0 Å². The molecular formula is C17H31N. The molecule has 0 fully saturated rings. The summed E-state index contributed by atoms with van der Waals surface area (Å²) in [6.07, 6.45) is 3.72. The zero-order valence-electron chi connectivity index (χ0n) is 13.4. The maximum atomic E-state index is 4.23. The first kappa shape index (κ1) is 15.3. The molecule has 1 unspecified atom stereocenters. The van der Waals surface area contributed by atoms with Gasteiger partial charge in [0.25, 0.3) is 0 Å². The Kier molecular flexibility index (Phi) is 4.35. The van der Waals surface area contributed by atoms with Crippen LogP contribution in [-0.4, -0.2) is 0 Å². The Morgan fingerprint density at radius 1 is 1.06 bits per heavy atom. The van der Waals surface area contributed by atoms with Crippen molar-refractivity contribution in [2.45, 2.75) is 67.7 Å². The van der Waals surface area contributed by atoms with Gasteiger partial charge in [0.1, 0.15) is 0 Å². The summed E-state index contributed by atoms with van der Waals surface area (Å²) in [4.78, 5) is 0. The minimum Gasteiger partial charge on any atom is -0.362 e. The molecule has 0 aliphatic carbocycles. The standard InChI is InChI=1S/C17H31N/c1-12-10-9-11-14(16(3,4)5)15(17(6,7)8)18-13(12)2/h12,18H,2,9-11H2,1,3-8H3/b15-14+. The Morgan fingerprint density at radius 3 is 2.06 bits per heavy atom. The highest BCUT2D eigenvalue weighted by Gasteiger charge is 2.30. The SMILES string of the molecule is C=C1N/C(C(C)(C)C)=C(/C(C)(C)C)CCCC1C. The van der Waals surface area contributed by atoms with Crippen LogP contribution in [0.3, 0.4) is 0 Å². The van der Waals surface area contributed by atoms with Crippen LogP contribution < -0.4 is 5.32 Å². The summed E-state index contributed by atoms with van der Waals surface area (Å²) in [5.41, 5.74) is 4.54. The van der Waals surface area contributed by atoms with E-state index in [1.165, 1.54) is 30.7 Å². The number of hydrogen-bond donors (Lipinski definition) is 1. The molecule has 0 aromatic carbocycles. The van der Waals surface area contributed by atoms with E-state index in [9.17, 15) is 0 Å². The van der Waals surface area contributed by atoms with Gasteiger partial charge in [-0.05, 0) is 36.2 Å². The largest absolute Gasteiger partial charge is 0.362 e. The van der Waals surface area contributed by atoms with Gasteiger partial charge in [0.2, 0.25) is 0 Å². The predicted molar refractivity (Wildman–Crippen MR) is 81.2 cm³/mol. The summed E-state index contributed by atoms with van der Waals surface area (Å²) in [5, 5.41) is 3.65. The van der Waals surface area contributed by atoms with Crippen molar-refractivity contribution in [3.8, 4) is 0 Å². The molecule has 0 bridgehead atoms. The van der Waals surface area contributed by atoms with Crippen molar-refractivity contribution in [2.24, 2.45) is 16.7 Å². The number of hydrogen-bond acceptors (Lipinski definition) is 1. The normalized spacial score (nSPS) is 27.5. The van der Waals surface area contributed by atoms with Crippen molar-refractivity contribution >= 4 is 0 Å². The fourth-order valence-electron chi connectivity index (χ4n) is 2.63. The molecule has 0 amide bonds. The van der Waals surface area contributed by atoms with Crippen LogP contribution in [0.4, 0.5) is 0 Å². The Bertz CT molecular complexity index is 347. The highest BCUT2D eigenvalue weighted by atomic mass is 14.9. The molecule has 0 aromatic heterocycles. The molecule has 1 nitrogen and oxygen atoms in total. The summed E-state index contributed by atoms with van der Waals surface area (Å²) in [6.45, 7) is 20.4. The van der Waals surface area contributed by atoms with Crippen LogP contribution in [0.1, 0.15) is 67.7 Å². The number of nitrogens with one attached hydrogen (secondary N) is 1. The van der Waals surface area contributed by atoms with E-state index in [1.807, 2.05) is 0 Å². The van der Waals surface area contributed by atoms with E-state index in [1.54, 1.807) is 5.57 Å². The third-order valence-corrected chi connectivity index (χ3v) is 3.90. The Labute approximate surface area is 114 Å². The van der Waals surface area contributed by atoms with E-state index in [-0.39, 0.29) is 10.8 Å². The van der Waals surface area contributed by atoms with Gasteiger partial charge in [-0.25, -0.2) is 0 Å². The van der Waals surface area contributed by atoms with Crippen molar-refractivity contribution in [1.82, 2.24) is 5.32 Å². The van der Waals surface area contributed by atoms with Gasteiger partial charge in [-0.2, -0.15) is 0 Å². The highest BCUT2D eigenvalue weighted by molar-refractivity contribution is 5.27. The molecule has 0 saturated heterocycles. The van der Waals surface area contributed by atoms with Crippen LogP contribution in [0.25, 0.3) is 0 Å². The second-order valence-corrected chi connectivity index (χ2v) is 7.80. The molecule has 1 N–H and O–H groups in total. The highest BCUT2D eigenvalue weighted by Crippen LogP contribution is 2.40. The fourth-order valence-corrected chi connectivity index (χ4v) is 2.63. The van der Waals surface area contributed by atoms with Gasteiger partial charge >= 0.3 is 0 Å². The second kappa shape index (κ2) is 5.11. The molecule has 104 valence electrons. The van der Waals surface area contributed by atoms with E-state index in [2.05, 4.69) is 60.4 Å². The van der Waals surface area contributed by atoms with Crippen molar-refractivity contribution in [3.05, 3.63) is 23.5 Å². The van der Waals surface area contributed by atoms with Crippen LogP contribution >= 0.6 is 0 Å². The van der Waals surface area contributed by atoms with E-state index in [4.69, 9.17) is 0 Å². The fraction of sp³-hybridized carbons (Fsp3) is 0.765. The summed E-state index contributed by atoms with van der Waals surface area (Å²) >= 11 is 0. The van der Waals surface area contributed by atoms with Crippen molar-refractivity contribution in [1.29, 1.82) is 0 Å². The topological polar surface area (TPSA) is 12.0 Å². The van der Waals surface area contributed by atoms with Gasteiger partial charge in [0.15, 0.2) is 0 Å². The van der Waals surface area contributed by atoms with Crippen LogP contribution in [0.15, 0.2) is 23.5 Å². The average molecular weight is 249 g/mol. The first-order chi connectivity index (χ1) is 8.03. The van der Waals surface area contributed by atoms with Gasteiger partial charge < -0.3 is 5.32 Å². The summed E-state index contributed by atoms with van der Waals surface area (Å²) in [5.74, 6) is 0.573. The van der Waals surface area contributed by atoms with E-state index in [0.29, 0.717) is 5.92 Å². The lowest BCUT2D eigenvalue weighted by atomic mass is 9.75. The lowest BCUT2D eigenvalue weighted by molar-refractivity contribution is 0.384. The molecule has 0 spiro atoms. The minimum atomic E-state index is 0.155. The van der Waals surface area contributed by atoms with Crippen molar-refractivity contribution in [2.75, 3.05) is 0 Å². The number of allylic oxidation sites excluding steroid dienone is 3. The van der Waals surface area contributed by atoms with Gasteiger partial charge in [-0.3, -0.25) is 0 Å². The Balaban J connectivity index is 3.27. The molecule has 1 heteroatoms. The maximum absolute atomic E-state index is 4.23. The van der Waals surface area contributed by atoms with Crippen LogP contribution in [0, 0.1) is 16.7 Å². The quantitative estimate of drug-likeness (QED) is 0.618. The van der Waals surface area contributed by atoms with Crippen molar-refractivity contribution in [3.63, 3.8) is 0 Å². The predicted octanol–water partition coefficient (Wildman–Crippen LogP) is 5.26. The van der Waals surface area contributed by atoms with Gasteiger partial charge in [0.05, 0.1) is 0 Å². The van der Waals surface area contributed by atoms with Crippen molar-refractivity contribution < 1.29 is 0 Å². The van der Waals surface area contributed by atoms with E-state index < -0.39 is 0 Å². The monoisotopic (exact) mass is 249 g/mol. The lowest BCUT2D eigenvalue weighted by Crippen LogP contribution is -2.32. The third-order valence-electron chi connectivity index (χ3n) is 3.90. The summed E-state index contributed by atoms with van der Waals surface area (Å²) in [6, 6.07) is 0. The molecule has 0 radical (unpaired) electrons. The third kappa shape index (κ3) is 3.63. The van der Waals surface area contributed by atoms with E-state index in [0.717, 1.165) is 0 Å². The molecule has 1 aliphatic heterocycles. The lowest BCUT2D eigenvalue weighted by Gasteiger charge is -2.37. The Morgan fingerprint density at radius 2 is 1.61 bits per heavy atom. The molecule has 18 heavy (non-hydrogen) atoms. The van der Waals surface area contributed by atoms with Gasteiger partial charge in [0, 0.05) is 16.8 Å². The average Bonchev–Trinajstić information content (AvgIpc) is 2.15. The minimum absolute atomic E-state index is 0.155. The molecular weight excluding hydrogens is 218 g/mol. The first-order valence-corrected chi connectivity index (χ1v) is 7.23. The van der Waals surface area contributed by atoms with Crippen LogP contribution in [0.2, 0.25) is 0 Å². The zero-order valence-corrected chi connectivity index (χ0v) is 13.4. The van der Waals surface area contributed by atoms with Crippen LogP contribution in [-0.2, 0) is 0 Å². The maximum Gasteiger partial charge on any atom is 0.0200 e. The van der Waals surface area contributed by atoms with E-state index >= 15 is 0 Å². The van der Waals surface area contributed by atoms with Gasteiger partial charge in [-0.15, -0.1) is 0 Å².